The summed E-state index contributed by atoms with van der Waals surface area (Å²) in [5, 5.41) is 32.7. The summed E-state index contributed by atoms with van der Waals surface area (Å²) in [4.78, 5) is 0. The average molecular weight is 659 g/mol. The van der Waals surface area contributed by atoms with Gasteiger partial charge in [-0.1, -0.05) is 167 Å². The molecule has 0 saturated carbocycles. The topological polar surface area (TPSA) is 60.7 Å². The molecule has 0 radical (unpaired) electrons. The van der Waals surface area contributed by atoms with E-state index < -0.39 is 0 Å². The Hall–Kier alpha value is -2.94. The summed E-state index contributed by atoms with van der Waals surface area (Å²) in [5.41, 5.74) is 9.32. The van der Waals surface area contributed by atoms with E-state index >= 15 is 0 Å². The molecule has 0 amide bonds. The third kappa shape index (κ3) is 10.3. The zero-order valence-electron chi connectivity index (χ0n) is 34.2. The highest BCUT2D eigenvalue weighted by atomic mass is 16.3. The molecule has 3 rings (SSSR count). The summed E-state index contributed by atoms with van der Waals surface area (Å²) >= 11 is 0. The lowest BCUT2D eigenvalue weighted by Gasteiger charge is -2.28. The fourth-order valence-electron chi connectivity index (χ4n) is 5.97. The summed E-state index contributed by atoms with van der Waals surface area (Å²) in [6.45, 7) is 41.0. The van der Waals surface area contributed by atoms with Crippen molar-refractivity contribution in [3.63, 3.8) is 0 Å². The van der Waals surface area contributed by atoms with Crippen molar-refractivity contribution in [1.82, 2.24) is 0 Å². The quantitative estimate of drug-likeness (QED) is 0.262. The van der Waals surface area contributed by atoms with Gasteiger partial charge in [-0.15, -0.1) is 0 Å². The van der Waals surface area contributed by atoms with Gasteiger partial charge >= 0.3 is 0 Å². The Bertz CT molecular complexity index is 1460. The Kier molecular flexibility index (Phi) is 11.8. The molecule has 0 atom stereocenters. The van der Waals surface area contributed by atoms with E-state index in [1.54, 1.807) is 0 Å². The van der Waals surface area contributed by atoms with Gasteiger partial charge in [-0.2, -0.15) is 0 Å². The van der Waals surface area contributed by atoms with Crippen molar-refractivity contribution in [3.8, 4) is 17.2 Å². The number of phenolic OH excluding ortho intramolecular Hbond substituents is 3. The first-order valence-electron chi connectivity index (χ1n) is 17.8. The molecule has 0 spiro atoms. The number of rotatable bonds is 3. The Balaban J connectivity index is 0.000000419. The number of aryl methyl sites for hydroxylation is 3. The number of aromatic hydroxyl groups is 3. The Labute approximate surface area is 295 Å². The predicted molar refractivity (Wildman–Crippen MR) is 209 cm³/mol. The van der Waals surface area contributed by atoms with E-state index in [9.17, 15) is 15.3 Å². The molecule has 48 heavy (non-hydrogen) atoms. The van der Waals surface area contributed by atoms with Crippen LogP contribution < -0.4 is 0 Å². The monoisotopic (exact) mass is 659 g/mol. The molecule has 268 valence electrons. The lowest BCUT2D eigenvalue weighted by molar-refractivity contribution is 0.423. The lowest BCUT2D eigenvalue weighted by Crippen LogP contribution is -2.18. The molecule has 0 aliphatic heterocycles. The molecular formula is C45H70O3. The maximum atomic E-state index is 11.2. The maximum absolute atomic E-state index is 11.2. The first-order valence-corrected chi connectivity index (χ1v) is 17.8. The standard InChI is InChI=1S/C30H46O2.C15H24O/c1-27(2,3)21-15-19(25(31)23(17-21)29(7,8)9)13-14-20-16-22(28(4,5)6)18-24(26(20)32)30(10,11)12;1-10-8-11(14(2,3)4)13(16)12(9-10)15(5,6)7/h15-18,31-32H,13-14H2,1-12H3;8-9,16H,1-7H3. The first-order chi connectivity index (χ1) is 21.3. The minimum Gasteiger partial charge on any atom is -0.507 e. The van der Waals surface area contributed by atoms with Crippen LogP contribution in [0.2, 0.25) is 0 Å². The number of hydrogen-bond acceptors (Lipinski definition) is 3. The van der Waals surface area contributed by atoms with Gasteiger partial charge in [-0.3, -0.25) is 0 Å². The molecule has 0 bridgehead atoms. The van der Waals surface area contributed by atoms with Crippen molar-refractivity contribution < 1.29 is 15.3 Å². The zero-order chi connectivity index (χ0) is 37.6. The van der Waals surface area contributed by atoms with Crippen LogP contribution in [0.1, 0.15) is 175 Å². The molecule has 0 fully saturated rings. The summed E-state index contributed by atoms with van der Waals surface area (Å²) in [6.07, 6.45) is 1.37. The molecule has 0 aliphatic rings. The Morgan fingerprint density at radius 3 is 0.833 bits per heavy atom. The Morgan fingerprint density at radius 1 is 0.354 bits per heavy atom. The normalized spacial score (nSPS) is 13.3. The second-order valence-electron chi connectivity index (χ2n) is 20.3. The maximum Gasteiger partial charge on any atom is 0.123 e. The fraction of sp³-hybridized carbons (Fsp3) is 0.600. The summed E-state index contributed by atoms with van der Waals surface area (Å²) < 4.78 is 0. The first kappa shape index (κ1) is 41.2. The van der Waals surface area contributed by atoms with Gasteiger partial charge in [0.2, 0.25) is 0 Å². The second-order valence-corrected chi connectivity index (χ2v) is 20.3. The van der Waals surface area contributed by atoms with Gasteiger partial charge in [0.05, 0.1) is 0 Å². The summed E-state index contributed by atoms with van der Waals surface area (Å²) in [7, 11) is 0. The van der Waals surface area contributed by atoms with Crippen LogP contribution in [0, 0.1) is 6.92 Å². The summed E-state index contributed by atoms with van der Waals surface area (Å²) in [5.74, 6) is 1.26. The molecule has 0 unspecified atom stereocenters. The van der Waals surface area contributed by atoms with Crippen molar-refractivity contribution in [2.75, 3.05) is 0 Å². The molecule has 3 aromatic carbocycles. The smallest absolute Gasteiger partial charge is 0.123 e. The van der Waals surface area contributed by atoms with E-state index in [0.717, 1.165) is 33.4 Å². The van der Waals surface area contributed by atoms with Crippen LogP contribution in [-0.4, -0.2) is 15.3 Å². The molecular weight excluding hydrogens is 588 g/mol. The van der Waals surface area contributed by atoms with E-state index in [-0.39, 0.29) is 32.5 Å². The van der Waals surface area contributed by atoms with E-state index in [1.807, 2.05) is 0 Å². The van der Waals surface area contributed by atoms with Crippen LogP contribution in [0.3, 0.4) is 0 Å². The van der Waals surface area contributed by atoms with Crippen molar-refractivity contribution in [1.29, 1.82) is 0 Å². The van der Waals surface area contributed by atoms with Gasteiger partial charge in [0, 0.05) is 0 Å². The molecule has 0 heterocycles. The minimum atomic E-state index is -0.145. The van der Waals surface area contributed by atoms with E-state index in [4.69, 9.17) is 0 Å². The number of phenols is 3. The lowest BCUT2D eigenvalue weighted by atomic mass is 9.77. The van der Waals surface area contributed by atoms with Crippen LogP contribution in [0.5, 0.6) is 17.2 Å². The molecule has 0 aliphatic carbocycles. The van der Waals surface area contributed by atoms with E-state index in [1.165, 1.54) is 16.7 Å². The van der Waals surface area contributed by atoms with Crippen molar-refractivity contribution >= 4 is 0 Å². The zero-order valence-corrected chi connectivity index (χ0v) is 34.2. The van der Waals surface area contributed by atoms with Crippen molar-refractivity contribution in [2.45, 2.75) is 177 Å². The van der Waals surface area contributed by atoms with Crippen LogP contribution in [0.4, 0.5) is 0 Å². The molecule has 3 heteroatoms. The van der Waals surface area contributed by atoms with Gasteiger partial charge in [0.25, 0.3) is 0 Å². The highest BCUT2D eigenvalue weighted by Gasteiger charge is 2.28. The molecule has 3 aromatic rings. The predicted octanol–water partition coefficient (Wildman–Crippen LogP) is 12.4. The molecule has 0 saturated heterocycles. The number of hydrogen-bond donors (Lipinski definition) is 3. The van der Waals surface area contributed by atoms with Gasteiger partial charge in [-0.05, 0) is 96.8 Å². The van der Waals surface area contributed by atoms with Gasteiger partial charge in [-0.25, -0.2) is 0 Å². The van der Waals surface area contributed by atoms with Gasteiger partial charge in [0.15, 0.2) is 0 Å². The average Bonchev–Trinajstić information content (AvgIpc) is 2.86. The van der Waals surface area contributed by atoms with Crippen LogP contribution >= 0.6 is 0 Å². The second kappa shape index (κ2) is 13.8. The highest BCUT2D eigenvalue weighted by Crippen LogP contribution is 2.42. The largest absolute Gasteiger partial charge is 0.507 e. The van der Waals surface area contributed by atoms with Gasteiger partial charge in [0.1, 0.15) is 17.2 Å². The molecule has 3 N–H and O–H groups in total. The minimum absolute atomic E-state index is 0.00382. The van der Waals surface area contributed by atoms with Crippen molar-refractivity contribution in [3.05, 3.63) is 86.5 Å². The van der Waals surface area contributed by atoms with E-state index in [0.29, 0.717) is 30.1 Å². The van der Waals surface area contributed by atoms with Crippen molar-refractivity contribution in [2.24, 2.45) is 0 Å². The molecule has 0 aromatic heterocycles. The van der Waals surface area contributed by atoms with Crippen LogP contribution in [-0.2, 0) is 45.3 Å². The Morgan fingerprint density at radius 2 is 0.604 bits per heavy atom. The van der Waals surface area contributed by atoms with Gasteiger partial charge < -0.3 is 15.3 Å². The summed E-state index contributed by atoms with van der Waals surface area (Å²) in [6, 6.07) is 12.8. The third-order valence-electron chi connectivity index (χ3n) is 9.26. The highest BCUT2D eigenvalue weighted by molar-refractivity contribution is 5.52. The number of benzene rings is 3. The SMILES string of the molecule is CC(C)(C)c1cc(CCc2cc(C(C)(C)C)cc(C(C)(C)C)c2O)c(O)c(C(C)(C)C)c1.Cc1cc(C(C)(C)C)c(O)c(C(C)(C)C)c1. The van der Waals surface area contributed by atoms with E-state index in [2.05, 4.69) is 168 Å². The third-order valence-corrected chi connectivity index (χ3v) is 9.26. The molecule has 3 nitrogen and oxygen atoms in total. The fourth-order valence-corrected chi connectivity index (χ4v) is 5.97. The van der Waals surface area contributed by atoms with Crippen LogP contribution in [0.15, 0.2) is 36.4 Å². The van der Waals surface area contributed by atoms with Crippen LogP contribution in [0.25, 0.3) is 0 Å².